The Hall–Kier alpha value is -1.63. The van der Waals surface area contributed by atoms with E-state index in [4.69, 9.17) is 25.9 Å². The van der Waals surface area contributed by atoms with E-state index >= 15 is 0 Å². The number of halogens is 1. The second kappa shape index (κ2) is 6.86. The fraction of sp³-hybridized carbons (Fsp3) is 0.312. The monoisotopic (exact) mass is 353 g/mol. The molecule has 122 valence electrons. The molecule has 0 aliphatic carbocycles. The Bertz CT molecular complexity index is 718. The third-order valence-corrected chi connectivity index (χ3v) is 5.18. The molecule has 0 amide bonds. The standard InChI is InChI=1S/C16H16ClNO4S/c1-9-6-10(2-4-12(9)17)21-7-11-3-5-14(22-11)15-18-13(8-23-15)16(19)20/h2-6,13,15,18H,7-8H2,1H3,(H,19,20). The van der Waals surface area contributed by atoms with Gasteiger partial charge in [0.15, 0.2) is 0 Å². The van der Waals surface area contributed by atoms with Gasteiger partial charge in [-0.1, -0.05) is 11.6 Å². The molecule has 23 heavy (non-hydrogen) atoms. The van der Waals surface area contributed by atoms with Crippen LogP contribution in [0.3, 0.4) is 0 Å². The van der Waals surface area contributed by atoms with Crippen LogP contribution in [0.25, 0.3) is 0 Å². The Morgan fingerprint density at radius 2 is 2.30 bits per heavy atom. The van der Waals surface area contributed by atoms with Crippen LogP contribution >= 0.6 is 23.4 Å². The number of aliphatic carboxylic acids is 1. The van der Waals surface area contributed by atoms with Crippen molar-refractivity contribution < 1.29 is 19.1 Å². The number of ether oxygens (including phenoxy) is 1. The first kappa shape index (κ1) is 16.2. The van der Waals surface area contributed by atoms with E-state index < -0.39 is 12.0 Å². The van der Waals surface area contributed by atoms with Gasteiger partial charge in [-0.2, -0.15) is 0 Å². The molecule has 0 saturated carbocycles. The lowest BCUT2D eigenvalue weighted by Gasteiger charge is -2.08. The molecule has 1 aliphatic rings. The third kappa shape index (κ3) is 3.83. The predicted octanol–water partition coefficient (Wildman–Crippen LogP) is 3.61. The van der Waals surface area contributed by atoms with Crippen LogP contribution in [-0.2, 0) is 11.4 Å². The van der Waals surface area contributed by atoms with Gasteiger partial charge < -0.3 is 14.3 Å². The number of nitrogens with one attached hydrogen (secondary N) is 1. The van der Waals surface area contributed by atoms with E-state index in [1.807, 2.05) is 31.2 Å². The van der Waals surface area contributed by atoms with Crippen molar-refractivity contribution in [2.45, 2.75) is 24.9 Å². The normalized spacial score (nSPS) is 20.6. The molecule has 1 fully saturated rings. The van der Waals surface area contributed by atoms with Crippen molar-refractivity contribution in [1.82, 2.24) is 5.32 Å². The first-order chi connectivity index (χ1) is 11.0. The maximum absolute atomic E-state index is 11.0. The van der Waals surface area contributed by atoms with Gasteiger partial charge in [0.25, 0.3) is 0 Å². The second-order valence-corrected chi connectivity index (χ2v) is 6.82. The quantitative estimate of drug-likeness (QED) is 0.855. The lowest BCUT2D eigenvalue weighted by atomic mass is 10.2. The Morgan fingerprint density at radius 1 is 1.48 bits per heavy atom. The number of carboxylic acids is 1. The van der Waals surface area contributed by atoms with Gasteiger partial charge in [-0.15, -0.1) is 11.8 Å². The van der Waals surface area contributed by atoms with E-state index in [9.17, 15) is 4.79 Å². The Balaban J connectivity index is 1.59. The van der Waals surface area contributed by atoms with Crippen LogP contribution in [0.2, 0.25) is 5.02 Å². The van der Waals surface area contributed by atoms with Crippen LogP contribution in [0.1, 0.15) is 22.5 Å². The first-order valence-corrected chi connectivity index (χ1v) is 8.53. The molecule has 2 heterocycles. The summed E-state index contributed by atoms with van der Waals surface area (Å²) in [5.41, 5.74) is 0.954. The summed E-state index contributed by atoms with van der Waals surface area (Å²) >= 11 is 7.50. The fourth-order valence-corrected chi connectivity index (χ4v) is 3.55. The number of carbonyl (C=O) groups is 1. The molecule has 5 nitrogen and oxygen atoms in total. The van der Waals surface area contributed by atoms with Crippen molar-refractivity contribution in [3.05, 3.63) is 52.4 Å². The first-order valence-electron chi connectivity index (χ1n) is 7.11. The highest BCUT2D eigenvalue weighted by Gasteiger charge is 2.32. The van der Waals surface area contributed by atoms with Gasteiger partial charge >= 0.3 is 5.97 Å². The topological polar surface area (TPSA) is 71.7 Å². The lowest BCUT2D eigenvalue weighted by Crippen LogP contribution is -2.33. The maximum Gasteiger partial charge on any atom is 0.321 e. The van der Waals surface area contributed by atoms with Crippen LogP contribution < -0.4 is 10.1 Å². The SMILES string of the molecule is Cc1cc(OCc2ccc(C3NC(C(=O)O)CS3)o2)ccc1Cl. The molecular weight excluding hydrogens is 338 g/mol. The number of furan rings is 1. The molecule has 0 radical (unpaired) electrons. The van der Waals surface area contributed by atoms with Crippen LogP contribution in [0.15, 0.2) is 34.7 Å². The molecular formula is C16H16ClNO4S. The second-order valence-electron chi connectivity index (χ2n) is 5.27. The van der Waals surface area contributed by atoms with Gasteiger partial charge in [0.2, 0.25) is 0 Å². The van der Waals surface area contributed by atoms with Gasteiger partial charge in [-0.25, -0.2) is 0 Å². The molecule has 0 spiro atoms. The highest BCUT2D eigenvalue weighted by molar-refractivity contribution is 7.99. The predicted molar refractivity (Wildman–Crippen MR) is 89.0 cm³/mol. The summed E-state index contributed by atoms with van der Waals surface area (Å²) in [4.78, 5) is 11.0. The minimum atomic E-state index is -0.840. The molecule has 7 heteroatoms. The molecule has 0 bridgehead atoms. The van der Waals surface area contributed by atoms with E-state index in [1.165, 1.54) is 11.8 Å². The highest BCUT2D eigenvalue weighted by Crippen LogP contribution is 2.34. The average Bonchev–Trinajstić information content (AvgIpc) is 3.16. The Kier molecular flexibility index (Phi) is 4.84. The van der Waals surface area contributed by atoms with Gasteiger partial charge in [-0.3, -0.25) is 10.1 Å². The van der Waals surface area contributed by atoms with Crippen LogP contribution in [0.5, 0.6) is 5.75 Å². The molecule has 2 N–H and O–H groups in total. The molecule has 1 saturated heterocycles. The largest absolute Gasteiger partial charge is 0.486 e. The maximum atomic E-state index is 11.0. The van der Waals surface area contributed by atoms with Crippen molar-refractivity contribution in [3.63, 3.8) is 0 Å². The van der Waals surface area contributed by atoms with Gasteiger partial charge in [0.1, 0.15) is 35.3 Å². The van der Waals surface area contributed by atoms with E-state index in [1.54, 1.807) is 6.07 Å². The van der Waals surface area contributed by atoms with Crippen molar-refractivity contribution in [1.29, 1.82) is 0 Å². The molecule has 1 aliphatic heterocycles. The summed E-state index contributed by atoms with van der Waals surface area (Å²) in [6.45, 7) is 2.23. The zero-order valence-electron chi connectivity index (χ0n) is 12.4. The van der Waals surface area contributed by atoms with E-state index in [0.29, 0.717) is 28.9 Å². The van der Waals surface area contributed by atoms with Crippen LogP contribution in [0, 0.1) is 6.92 Å². The van der Waals surface area contributed by atoms with Crippen LogP contribution in [0.4, 0.5) is 0 Å². The molecule has 2 atom stereocenters. The molecule has 1 aromatic carbocycles. The van der Waals surface area contributed by atoms with E-state index in [0.717, 1.165) is 11.3 Å². The molecule has 1 aromatic heterocycles. The molecule has 3 rings (SSSR count). The Morgan fingerprint density at radius 3 is 3.00 bits per heavy atom. The summed E-state index contributed by atoms with van der Waals surface area (Å²) < 4.78 is 11.4. The summed E-state index contributed by atoms with van der Waals surface area (Å²) in [6, 6.07) is 8.63. The van der Waals surface area contributed by atoms with Crippen molar-refractivity contribution in [2.24, 2.45) is 0 Å². The Labute approximate surface area is 143 Å². The number of rotatable bonds is 5. The summed E-state index contributed by atoms with van der Waals surface area (Å²) in [5, 5.41) is 12.6. The fourth-order valence-electron chi connectivity index (χ4n) is 2.25. The van der Waals surface area contributed by atoms with Crippen LogP contribution in [-0.4, -0.2) is 22.9 Å². The molecule has 2 aromatic rings. The number of aryl methyl sites for hydroxylation is 1. The zero-order valence-corrected chi connectivity index (χ0v) is 14.0. The summed E-state index contributed by atoms with van der Waals surface area (Å²) in [5.74, 6) is 1.81. The smallest absolute Gasteiger partial charge is 0.321 e. The minimum Gasteiger partial charge on any atom is -0.486 e. The zero-order chi connectivity index (χ0) is 16.4. The molecule has 2 unspecified atom stereocenters. The van der Waals surface area contributed by atoms with Gasteiger partial charge in [-0.05, 0) is 42.8 Å². The van der Waals surface area contributed by atoms with E-state index in [2.05, 4.69) is 5.32 Å². The number of benzene rings is 1. The number of hydrogen-bond donors (Lipinski definition) is 2. The van der Waals surface area contributed by atoms with Crippen molar-refractivity contribution >= 4 is 29.3 Å². The van der Waals surface area contributed by atoms with Gasteiger partial charge in [0, 0.05) is 10.8 Å². The van der Waals surface area contributed by atoms with E-state index in [-0.39, 0.29) is 5.37 Å². The summed E-state index contributed by atoms with van der Waals surface area (Å²) in [6.07, 6.45) is 0. The van der Waals surface area contributed by atoms with Crippen molar-refractivity contribution in [3.8, 4) is 5.75 Å². The lowest BCUT2D eigenvalue weighted by molar-refractivity contribution is -0.138. The third-order valence-electron chi connectivity index (χ3n) is 3.53. The number of carboxylic acid groups (broad SMARTS) is 1. The van der Waals surface area contributed by atoms with Gasteiger partial charge in [0.05, 0.1) is 0 Å². The van der Waals surface area contributed by atoms with Crippen molar-refractivity contribution in [2.75, 3.05) is 5.75 Å². The average molecular weight is 354 g/mol. The highest BCUT2D eigenvalue weighted by atomic mass is 35.5. The summed E-state index contributed by atoms with van der Waals surface area (Å²) in [7, 11) is 0. The number of thioether (sulfide) groups is 1. The number of hydrogen-bond acceptors (Lipinski definition) is 5. The minimum absolute atomic E-state index is 0.136.